The molecule has 2 heterocycles. The quantitative estimate of drug-likeness (QED) is 0.509. The standard InChI is InChI=1S/C27H26N2O4S/c1-17(2)33-26(31)23-18(3)28-27-29(24(23)20-13-15-21(32-4)16-14-20)25(30)22(34-27)12-8-11-19-9-6-5-7-10-19/h5-17,24H,1-4H3/b11-8+,22-12+/t24-/m0/s1. The SMILES string of the molecule is COc1ccc([C@H]2C(C(=O)OC(C)C)=C(C)N=c3s/c(=C/C=C/c4ccccc4)c(=O)n32)cc1. The van der Waals surface area contributed by atoms with E-state index in [9.17, 15) is 9.59 Å². The third-order valence-corrected chi connectivity index (χ3v) is 6.35. The largest absolute Gasteiger partial charge is 0.497 e. The van der Waals surface area contributed by atoms with E-state index in [-0.39, 0.29) is 11.7 Å². The van der Waals surface area contributed by atoms with Gasteiger partial charge in [0.1, 0.15) is 5.75 Å². The minimum Gasteiger partial charge on any atom is -0.497 e. The molecule has 0 spiro atoms. The Kier molecular flexibility index (Phi) is 6.93. The average Bonchev–Trinajstić information content (AvgIpc) is 3.13. The number of nitrogens with zero attached hydrogens (tertiary/aromatic N) is 2. The number of fused-ring (bicyclic) bond motifs is 1. The smallest absolute Gasteiger partial charge is 0.338 e. The number of carbonyl (C=O) groups is 1. The molecule has 0 radical (unpaired) electrons. The molecular formula is C27H26N2O4S. The number of rotatable bonds is 6. The second-order valence-corrected chi connectivity index (χ2v) is 9.11. The third kappa shape index (κ3) is 4.79. The summed E-state index contributed by atoms with van der Waals surface area (Å²) in [4.78, 5) is 31.7. The number of allylic oxidation sites excluding steroid dienone is 2. The number of esters is 1. The number of ether oxygens (including phenoxy) is 2. The Morgan fingerprint density at radius 1 is 1.12 bits per heavy atom. The molecule has 174 valence electrons. The predicted molar refractivity (Wildman–Crippen MR) is 134 cm³/mol. The molecule has 0 saturated carbocycles. The van der Waals surface area contributed by atoms with Crippen LogP contribution in [-0.4, -0.2) is 23.8 Å². The van der Waals surface area contributed by atoms with Gasteiger partial charge in [-0.15, -0.1) is 0 Å². The zero-order valence-electron chi connectivity index (χ0n) is 19.5. The van der Waals surface area contributed by atoms with Crippen molar-refractivity contribution in [3.63, 3.8) is 0 Å². The molecule has 3 aromatic rings. The van der Waals surface area contributed by atoms with Crippen LogP contribution in [0.5, 0.6) is 5.75 Å². The average molecular weight is 475 g/mol. The van der Waals surface area contributed by atoms with E-state index in [2.05, 4.69) is 4.99 Å². The molecule has 1 atom stereocenters. The normalized spacial score (nSPS) is 16.0. The fourth-order valence-electron chi connectivity index (χ4n) is 3.79. The monoisotopic (exact) mass is 474 g/mol. The number of hydrogen-bond donors (Lipinski definition) is 0. The molecule has 0 amide bonds. The molecule has 1 aliphatic rings. The summed E-state index contributed by atoms with van der Waals surface area (Å²) in [6.07, 6.45) is 5.28. The van der Waals surface area contributed by atoms with Gasteiger partial charge in [-0.25, -0.2) is 9.79 Å². The van der Waals surface area contributed by atoms with Gasteiger partial charge in [-0.05, 0) is 50.1 Å². The van der Waals surface area contributed by atoms with Crippen LogP contribution in [0, 0.1) is 0 Å². The van der Waals surface area contributed by atoms with Crippen LogP contribution in [-0.2, 0) is 9.53 Å². The van der Waals surface area contributed by atoms with E-state index in [0.29, 0.717) is 26.4 Å². The highest BCUT2D eigenvalue weighted by molar-refractivity contribution is 7.07. The summed E-state index contributed by atoms with van der Waals surface area (Å²) >= 11 is 1.30. The summed E-state index contributed by atoms with van der Waals surface area (Å²) in [5, 5.41) is 0. The fourth-order valence-corrected chi connectivity index (χ4v) is 4.78. The first-order valence-corrected chi connectivity index (χ1v) is 11.8. The maximum absolute atomic E-state index is 13.5. The molecule has 0 N–H and O–H groups in total. The third-order valence-electron chi connectivity index (χ3n) is 5.35. The van der Waals surface area contributed by atoms with Crippen LogP contribution in [0.2, 0.25) is 0 Å². The van der Waals surface area contributed by atoms with Crippen molar-refractivity contribution in [2.75, 3.05) is 7.11 Å². The van der Waals surface area contributed by atoms with Crippen molar-refractivity contribution >= 4 is 29.5 Å². The van der Waals surface area contributed by atoms with Gasteiger partial charge in [-0.3, -0.25) is 9.36 Å². The molecule has 1 aliphatic heterocycles. The van der Waals surface area contributed by atoms with Crippen molar-refractivity contribution < 1.29 is 14.3 Å². The molecule has 7 heteroatoms. The number of carbonyl (C=O) groups excluding carboxylic acids is 1. The van der Waals surface area contributed by atoms with Gasteiger partial charge in [0.15, 0.2) is 4.80 Å². The lowest BCUT2D eigenvalue weighted by molar-refractivity contribution is -0.143. The highest BCUT2D eigenvalue weighted by Crippen LogP contribution is 2.31. The zero-order valence-corrected chi connectivity index (χ0v) is 20.3. The molecule has 34 heavy (non-hydrogen) atoms. The molecule has 0 unspecified atom stereocenters. The van der Waals surface area contributed by atoms with Crippen LogP contribution in [0.25, 0.3) is 12.2 Å². The van der Waals surface area contributed by atoms with Gasteiger partial charge >= 0.3 is 5.97 Å². The lowest BCUT2D eigenvalue weighted by atomic mass is 9.96. The van der Waals surface area contributed by atoms with E-state index >= 15 is 0 Å². The Morgan fingerprint density at radius 2 is 1.82 bits per heavy atom. The van der Waals surface area contributed by atoms with Crippen molar-refractivity contribution in [1.82, 2.24) is 4.57 Å². The fraction of sp³-hybridized carbons (Fsp3) is 0.222. The molecule has 6 nitrogen and oxygen atoms in total. The maximum atomic E-state index is 13.5. The van der Waals surface area contributed by atoms with Crippen LogP contribution in [0.3, 0.4) is 0 Å². The Balaban J connectivity index is 1.85. The topological polar surface area (TPSA) is 69.9 Å². The Labute approximate surface area is 201 Å². The van der Waals surface area contributed by atoms with Crippen molar-refractivity contribution in [3.05, 3.63) is 103 Å². The van der Waals surface area contributed by atoms with E-state index in [0.717, 1.165) is 11.1 Å². The highest BCUT2D eigenvalue weighted by Gasteiger charge is 2.33. The minimum absolute atomic E-state index is 0.204. The van der Waals surface area contributed by atoms with Crippen molar-refractivity contribution in [1.29, 1.82) is 0 Å². The summed E-state index contributed by atoms with van der Waals surface area (Å²) in [5.74, 6) is 0.213. The number of hydrogen-bond acceptors (Lipinski definition) is 6. The second-order valence-electron chi connectivity index (χ2n) is 8.10. The Hall–Kier alpha value is -3.71. The first-order chi connectivity index (χ1) is 16.4. The summed E-state index contributed by atoms with van der Waals surface area (Å²) in [6.45, 7) is 5.37. The lowest BCUT2D eigenvalue weighted by Crippen LogP contribution is -2.40. The molecule has 4 rings (SSSR count). The second kappa shape index (κ2) is 10.1. The molecule has 1 aromatic heterocycles. The molecule has 0 bridgehead atoms. The summed E-state index contributed by atoms with van der Waals surface area (Å²) in [5.41, 5.74) is 2.51. The summed E-state index contributed by atoms with van der Waals surface area (Å²) in [7, 11) is 1.59. The maximum Gasteiger partial charge on any atom is 0.338 e. The van der Waals surface area contributed by atoms with E-state index in [1.54, 1.807) is 38.5 Å². The van der Waals surface area contributed by atoms with Gasteiger partial charge in [0.25, 0.3) is 5.56 Å². The van der Waals surface area contributed by atoms with Crippen LogP contribution < -0.4 is 19.6 Å². The summed E-state index contributed by atoms with van der Waals surface area (Å²) < 4.78 is 12.9. The van der Waals surface area contributed by atoms with E-state index < -0.39 is 12.0 Å². The Bertz CT molecular complexity index is 1430. The van der Waals surface area contributed by atoms with E-state index in [4.69, 9.17) is 9.47 Å². The zero-order chi connectivity index (χ0) is 24.2. The van der Waals surface area contributed by atoms with Crippen molar-refractivity contribution in [3.8, 4) is 5.75 Å². The lowest BCUT2D eigenvalue weighted by Gasteiger charge is -2.25. The highest BCUT2D eigenvalue weighted by atomic mass is 32.1. The van der Waals surface area contributed by atoms with Gasteiger partial charge in [-0.2, -0.15) is 0 Å². The van der Waals surface area contributed by atoms with Crippen LogP contribution >= 0.6 is 11.3 Å². The van der Waals surface area contributed by atoms with Crippen LogP contribution in [0.15, 0.2) is 81.7 Å². The number of methoxy groups -OCH3 is 1. The minimum atomic E-state index is -0.645. The van der Waals surface area contributed by atoms with E-state index in [1.165, 1.54) is 11.3 Å². The van der Waals surface area contributed by atoms with Gasteiger partial charge in [0, 0.05) is 0 Å². The molecule has 0 saturated heterocycles. The number of thiazole rings is 1. The van der Waals surface area contributed by atoms with Crippen molar-refractivity contribution in [2.45, 2.75) is 32.9 Å². The van der Waals surface area contributed by atoms with E-state index in [1.807, 2.05) is 66.7 Å². The Morgan fingerprint density at radius 3 is 2.47 bits per heavy atom. The predicted octanol–water partition coefficient (Wildman–Crippen LogP) is 3.86. The van der Waals surface area contributed by atoms with Gasteiger partial charge < -0.3 is 9.47 Å². The molecule has 0 fully saturated rings. The molecule has 0 aliphatic carbocycles. The molecular weight excluding hydrogens is 448 g/mol. The first-order valence-electron chi connectivity index (χ1n) is 11.0. The van der Waals surface area contributed by atoms with Gasteiger partial charge in [0.2, 0.25) is 0 Å². The first kappa shape index (κ1) is 23.4. The van der Waals surface area contributed by atoms with Crippen molar-refractivity contribution in [2.24, 2.45) is 4.99 Å². The van der Waals surface area contributed by atoms with Crippen LogP contribution in [0.4, 0.5) is 0 Å². The molecule has 2 aromatic carbocycles. The van der Waals surface area contributed by atoms with Gasteiger partial charge in [-0.1, -0.05) is 66.0 Å². The number of aromatic nitrogens is 1. The van der Waals surface area contributed by atoms with Crippen LogP contribution in [0.1, 0.15) is 37.9 Å². The number of benzene rings is 2. The van der Waals surface area contributed by atoms with Gasteiger partial charge in [0.05, 0.1) is 35.1 Å². The summed E-state index contributed by atoms with van der Waals surface area (Å²) in [6, 6.07) is 16.6.